The molecule has 0 saturated heterocycles. The number of carbonyl (C=O) groups is 1. The van der Waals surface area contributed by atoms with E-state index >= 15 is 0 Å². The highest BCUT2D eigenvalue weighted by molar-refractivity contribution is 9.10. The van der Waals surface area contributed by atoms with Crippen LogP contribution in [0.1, 0.15) is 21.5 Å². The van der Waals surface area contributed by atoms with Crippen LogP contribution in [0.4, 0.5) is 11.4 Å². The standard InChI is InChI=1S/C16H17BrN2O/c1-10-4-6-13(15(8-10)18-3)16(20)19-14-7-5-12(17)9-11(14)2/h4-9,18H,1-3H3,(H,19,20). The van der Waals surface area contributed by atoms with Crippen LogP contribution in [0.5, 0.6) is 0 Å². The highest BCUT2D eigenvalue weighted by Gasteiger charge is 2.12. The van der Waals surface area contributed by atoms with E-state index in [9.17, 15) is 4.79 Å². The smallest absolute Gasteiger partial charge is 0.257 e. The highest BCUT2D eigenvalue weighted by atomic mass is 79.9. The van der Waals surface area contributed by atoms with E-state index < -0.39 is 0 Å². The molecule has 3 nitrogen and oxygen atoms in total. The third-order valence-electron chi connectivity index (χ3n) is 3.13. The number of rotatable bonds is 3. The Hall–Kier alpha value is -1.81. The SMILES string of the molecule is CNc1cc(C)ccc1C(=O)Nc1ccc(Br)cc1C. The molecule has 0 spiro atoms. The minimum Gasteiger partial charge on any atom is -0.387 e. The first kappa shape index (κ1) is 14.6. The number of hydrogen-bond donors (Lipinski definition) is 2. The van der Waals surface area contributed by atoms with Crippen LogP contribution in [0.25, 0.3) is 0 Å². The maximum Gasteiger partial charge on any atom is 0.257 e. The second-order valence-corrected chi connectivity index (χ2v) is 5.63. The molecule has 2 aromatic carbocycles. The third-order valence-corrected chi connectivity index (χ3v) is 3.62. The van der Waals surface area contributed by atoms with Crippen molar-refractivity contribution in [2.45, 2.75) is 13.8 Å². The maximum atomic E-state index is 12.4. The summed E-state index contributed by atoms with van der Waals surface area (Å²) in [6.07, 6.45) is 0. The number of carbonyl (C=O) groups excluding carboxylic acids is 1. The molecule has 0 unspecified atom stereocenters. The first-order valence-electron chi connectivity index (χ1n) is 6.37. The Bertz CT molecular complexity index is 653. The molecule has 0 fully saturated rings. The van der Waals surface area contributed by atoms with Gasteiger partial charge in [0.25, 0.3) is 5.91 Å². The second kappa shape index (κ2) is 6.09. The monoisotopic (exact) mass is 332 g/mol. The summed E-state index contributed by atoms with van der Waals surface area (Å²) in [4.78, 5) is 12.4. The molecule has 2 N–H and O–H groups in total. The molecule has 2 rings (SSSR count). The minimum absolute atomic E-state index is 0.111. The summed E-state index contributed by atoms with van der Waals surface area (Å²) >= 11 is 3.42. The topological polar surface area (TPSA) is 41.1 Å². The Morgan fingerprint density at radius 1 is 1.05 bits per heavy atom. The van der Waals surface area contributed by atoms with E-state index in [4.69, 9.17) is 0 Å². The van der Waals surface area contributed by atoms with Gasteiger partial charge in [-0.2, -0.15) is 0 Å². The van der Waals surface area contributed by atoms with Gasteiger partial charge in [-0.1, -0.05) is 22.0 Å². The molecule has 0 aliphatic carbocycles. The average molecular weight is 333 g/mol. The van der Waals surface area contributed by atoms with Crippen molar-refractivity contribution in [2.75, 3.05) is 17.7 Å². The number of benzene rings is 2. The van der Waals surface area contributed by atoms with Gasteiger partial charge in [-0.25, -0.2) is 0 Å². The Morgan fingerprint density at radius 3 is 2.45 bits per heavy atom. The molecule has 0 heterocycles. The summed E-state index contributed by atoms with van der Waals surface area (Å²) in [6.45, 7) is 3.97. The van der Waals surface area contributed by atoms with E-state index in [2.05, 4.69) is 26.6 Å². The first-order chi connectivity index (χ1) is 9.51. The Labute approximate surface area is 127 Å². The molecule has 4 heteroatoms. The van der Waals surface area contributed by atoms with Crippen molar-refractivity contribution in [1.82, 2.24) is 0 Å². The molecule has 0 bridgehead atoms. The number of anilines is 2. The molecule has 0 saturated carbocycles. The quantitative estimate of drug-likeness (QED) is 0.876. The predicted molar refractivity (Wildman–Crippen MR) is 87.6 cm³/mol. The van der Waals surface area contributed by atoms with Gasteiger partial charge in [0.1, 0.15) is 0 Å². The van der Waals surface area contributed by atoms with Crippen molar-refractivity contribution in [2.24, 2.45) is 0 Å². The van der Waals surface area contributed by atoms with Crippen LogP contribution >= 0.6 is 15.9 Å². The lowest BCUT2D eigenvalue weighted by molar-refractivity contribution is 0.102. The van der Waals surface area contributed by atoms with Crippen molar-refractivity contribution in [1.29, 1.82) is 0 Å². The van der Waals surface area contributed by atoms with Crippen LogP contribution in [0.15, 0.2) is 40.9 Å². The Morgan fingerprint density at radius 2 is 1.80 bits per heavy atom. The molecule has 0 atom stereocenters. The van der Waals surface area contributed by atoms with Crippen LogP contribution < -0.4 is 10.6 Å². The molecular formula is C16H17BrN2O. The molecule has 0 aliphatic heterocycles. The zero-order chi connectivity index (χ0) is 14.7. The fourth-order valence-corrected chi connectivity index (χ4v) is 2.50. The number of nitrogens with one attached hydrogen (secondary N) is 2. The predicted octanol–water partition coefficient (Wildman–Crippen LogP) is 4.36. The van der Waals surface area contributed by atoms with Gasteiger partial charge >= 0.3 is 0 Å². The third kappa shape index (κ3) is 3.20. The summed E-state index contributed by atoms with van der Waals surface area (Å²) in [5, 5.41) is 6.01. The summed E-state index contributed by atoms with van der Waals surface area (Å²) in [5.74, 6) is -0.111. The fraction of sp³-hybridized carbons (Fsp3) is 0.188. The Balaban J connectivity index is 2.28. The molecule has 1 amide bonds. The summed E-state index contributed by atoms with van der Waals surface area (Å²) < 4.78 is 0.999. The highest BCUT2D eigenvalue weighted by Crippen LogP contribution is 2.23. The molecule has 0 aliphatic rings. The number of amides is 1. The minimum atomic E-state index is -0.111. The van der Waals surface area contributed by atoms with Crippen molar-refractivity contribution >= 4 is 33.2 Å². The number of halogens is 1. The molecule has 104 valence electrons. The largest absolute Gasteiger partial charge is 0.387 e. The van der Waals surface area contributed by atoms with Crippen molar-refractivity contribution in [3.63, 3.8) is 0 Å². The molecule has 2 aromatic rings. The van der Waals surface area contributed by atoms with E-state index in [1.54, 1.807) is 0 Å². The van der Waals surface area contributed by atoms with E-state index in [0.29, 0.717) is 5.56 Å². The van der Waals surface area contributed by atoms with Gasteiger partial charge in [0, 0.05) is 22.9 Å². The summed E-state index contributed by atoms with van der Waals surface area (Å²) in [6, 6.07) is 11.5. The summed E-state index contributed by atoms with van der Waals surface area (Å²) in [5.41, 5.74) is 4.43. The lowest BCUT2D eigenvalue weighted by Crippen LogP contribution is -2.14. The van der Waals surface area contributed by atoms with E-state index in [0.717, 1.165) is 27.0 Å². The van der Waals surface area contributed by atoms with Gasteiger partial charge in [-0.05, 0) is 55.3 Å². The molecule has 20 heavy (non-hydrogen) atoms. The van der Waals surface area contributed by atoms with Crippen molar-refractivity contribution in [3.8, 4) is 0 Å². The van der Waals surface area contributed by atoms with Crippen LogP contribution in [0.3, 0.4) is 0 Å². The maximum absolute atomic E-state index is 12.4. The lowest BCUT2D eigenvalue weighted by atomic mass is 10.1. The van der Waals surface area contributed by atoms with E-state index in [1.165, 1.54) is 0 Å². The normalized spacial score (nSPS) is 10.2. The van der Waals surface area contributed by atoms with Gasteiger partial charge < -0.3 is 10.6 Å². The average Bonchev–Trinajstić information content (AvgIpc) is 2.41. The van der Waals surface area contributed by atoms with E-state index in [-0.39, 0.29) is 5.91 Å². The van der Waals surface area contributed by atoms with Gasteiger partial charge in [0.2, 0.25) is 0 Å². The number of hydrogen-bond acceptors (Lipinski definition) is 2. The van der Waals surface area contributed by atoms with Crippen LogP contribution in [-0.2, 0) is 0 Å². The zero-order valence-corrected chi connectivity index (χ0v) is 13.3. The first-order valence-corrected chi connectivity index (χ1v) is 7.16. The molecular weight excluding hydrogens is 316 g/mol. The van der Waals surface area contributed by atoms with Gasteiger partial charge in [-0.15, -0.1) is 0 Å². The lowest BCUT2D eigenvalue weighted by Gasteiger charge is -2.12. The van der Waals surface area contributed by atoms with Gasteiger partial charge in [0.05, 0.1) is 5.56 Å². The number of aryl methyl sites for hydroxylation is 2. The van der Waals surface area contributed by atoms with E-state index in [1.807, 2.05) is 57.3 Å². The van der Waals surface area contributed by atoms with Crippen LogP contribution in [0.2, 0.25) is 0 Å². The zero-order valence-electron chi connectivity index (χ0n) is 11.8. The van der Waals surface area contributed by atoms with Crippen LogP contribution in [-0.4, -0.2) is 13.0 Å². The van der Waals surface area contributed by atoms with Crippen molar-refractivity contribution in [3.05, 3.63) is 57.6 Å². The van der Waals surface area contributed by atoms with Gasteiger partial charge in [-0.3, -0.25) is 4.79 Å². The van der Waals surface area contributed by atoms with Crippen molar-refractivity contribution < 1.29 is 4.79 Å². The van der Waals surface area contributed by atoms with Gasteiger partial charge in [0.15, 0.2) is 0 Å². The molecule has 0 aromatic heterocycles. The fourth-order valence-electron chi connectivity index (χ4n) is 2.02. The van der Waals surface area contributed by atoms with Crippen LogP contribution in [0, 0.1) is 13.8 Å². The second-order valence-electron chi connectivity index (χ2n) is 4.71. The Kier molecular flexibility index (Phi) is 4.45. The molecule has 0 radical (unpaired) electrons. The summed E-state index contributed by atoms with van der Waals surface area (Å²) in [7, 11) is 1.82.